The zero-order chi connectivity index (χ0) is 12.3. The number of hydrogen-bond acceptors (Lipinski definition) is 3. The molecule has 0 atom stereocenters. The highest BCUT2D eigenvalue weighted by Gasteiger charge is 2.08. The van der Waals surface area contributed by atoms with Gasteiger partial charge in [-0.05, 0) is 18.2 Å². The first-order valence-corrected chi connectivity index (χ1v) is 5.66. The van der Waals surface area contributed by atoms with Crippen LogP contribution in [0, 0.1) is 0 Å². The standard InChI is InChI=1S/C12H13N3OS/c1-15-7-6-9(14-15)8-13-12(16)10-4-2-3-5-11(10)17/h2-7,17H,8H2,1H3,(H,13,16). The van der Waals surface area contributed by atoms with Crippen LogP contribution in [-0.2, 0) is 13.6 Å². The maximum atomic E-state index is 11.9. The van der Waals surface area contributed by atoms with Gasteiger partial charge < -0.3 is 5.32 Å². The largest absolute Gasteiger partial charge is 0.346 e. The van der Waals surface area contributed by atoms with Crippen LogP contribution in [0.25, 0.3) is 0 Å². The molecule has 0 aliphatic heterocycles. The fourth-order valence-electron chi connectivity index (χ4n) is 1.49. The number of carbonyl (C=O) groups is 1. The van der Waals surface area contributed by atoms with E-state index in [0.717, 1.165) is 5.69 Å². The zero-order valence-electron chi connectivity index (χ0n) is 9.42. The lowest BCUT2D eigenvalue weighted by molar-refractivity contribution is 0.0947. The number of carbonyl (C=O) groups excluding carboxylic acids is 1. The molecule has 0 aliphatic carbocycles. The summed E-state index contributed by atoms with van der Waals surface area (Å²) in [7, 11) is 1.84. The van der Waals surface area contributed by atoms with E-state index in [2.05, 4.69) is 23.0 Å². The van der Waals surface area contributed by atoms with Crippen molar-refractivity contribution in [3.8, 4) is 0 Å². The summed E-state index contributed by atoms with van der Waals surface area (Å²) < 4.78 is 1.70. The highest BCUT2D eigenvalue weighted by molar-refractivity contribution is 7.80. The Balaban J connectivity index is 2.01. The fraction of sp³-hybridized carbons (Fsp3) is 0.167. The molecule has 17 heavy (non-hydrogen) atoms. The Bertz CT molecular complexity index is 536. The number of nitrogens with zero attached hydrogens (tertiary/aromatic N) is 2. The van der Waals surface area contributed by atoms with E-state index in [1.54, 1.807) is 16.8 Å². The molecule has 2 rings (SSSR count). The van der Waals surface area contributed by atoms with Crippen molar-refractivity contribution in [3.05, 3.63) is 47.8 Å². The van der Waals surface area contributed by atoms with Gasteiger partial charge in [0.25, 0.3) is 5.91 Å². The monoisotopic (exact) mass is 247 g/mol. The van der Waals surface area contributed by atoms with Crippen LogP contribution in [0.4, 0.5) is 0 Å². The number of aromatic nitrogens is 2. The van der Waals surface area contributed by atoms with Gasteiger partial charge in [0.2, 0.25) is 0 Å². The van der Waals surface area contributed by atoms with Crippen molar-refractivity contribution in [2.75, 3.05) is 0 Å². The summed E-state index contributed by atoms with van der Waals surface area (Å²) in [5, 5.41) is 6.99. The molecule has 88 valence electrons. The zero-order valence-corrected chi connectivity index (χ0v) is 10.3. The number of aryl methyl sites for hydroxylation is 1. The summed E-state index contributed by atoms with van der Waals surface area (Å²) in [6, 6.07) is 9.06. The van der Waals surface area contributed by atoms with Crippen molar-refractivity contribution in [2.24, 2.45) is 7.05 Å². The molecule has 5 heteroatoms. The summed E-state index contributed by atoms with van der Waals surface area (Å²) >= 11 is 4.24. The summed E-state index contributed by atoms with van der Waals surface area (Å²) in [4.78, 5) is 12.5. The van der Waals surface area contributed by atoms with E-state index in [1.807, 2.05) is 31.4 Å². The Hall–Kier alpha value is -1.75. The molecule has 1 N–H and O–H groups in total. The second-order valence-corrected chi connectivity index (χ2v) is 4.16. The molecular weight excluding hydrogens is 234 g/mol. The number of benzene rings is 1. The molecule has 0 fully saturated rings. The third kappa shape index (κ3) is 2.88. The van der Waals surface area contributed by atoms with Gasteiger partial charge in [0.1, 0.15) is 0 Å². The second kappa shape index (κ2) is 5.05. The Labute approximate surface area is 105 Å². The first-order chi connectivity index (χ1) is 8.16. The summed E-state index contributed by atoms with van der Waals surface area (Å²) in [5.74, 6) is -0.138. The van der Waals surface area contributed by atoms with Crippen molar-refractivity contribution >= 4 is 18.5 Å². The van der Waals surface area contributed by atoms with Crippen LogP contribution in [0.1, 0.15) is 16.1 Å². The van der Waals surface area contributed by atoms with Gasteiger partial charge in [0.15, 0.2) is 0 Å². The van der Waals surface area contributed by atoms with Crippen molar-refractivity contribution in [1.82, 2.24) is 15.1 Å². The van der Waals surface area contributed by atoms with Crippen LogP contribution in [-0.4, -0.2) is 15.7 Å². The maximum absolute atomic E-state index is 11.9. The van der Waals surface area contributed by atoms with E-state index in [9.17, 15) is 4.79 Å². The molecule has 1 aromatic carbocycles. The van der Waals surface area contributed by atoms with E-state index in [4.69, 9.17) is 0 Å². The maximum Gasteiger partial charge on any atom is 0.252 e. The highest BCUT2D eigenvalue weighted by atomic mass is 32.1. The van der Waals surface area contributed by atoms with Gasteiger partial charge in [-0.25, -0.2) is 0 Å². The average Bonchev–Trinajstić information content (AvgIpc) is 2.73. The van der Waals surface area contributed by atoms with Crippen LogP contribution in [0.15, 0.2) is 41.4 Å². The first-order valence-electron chi connectivity index (χ1n) is 5.21. The predicted molar refractivity (Wildman–Crippen MR) is 68.1 cm³/mol. The van der Waals surface area contributed by atoms with Crippen LogP contribution in [0.5, 0.6) is 0 Å². The molecule has 0 aliphatic rings. The van der Waals surface area contributed by atoms with Crippen molar-refractivity contribution in [3.63, 3.8) is 0 Å². The number of nitrogens with one attached hydrogen (secondary N) is 1. The van der Waals surface area contributed by atoms with Crippen LogP contribution < -0.4 is 5.32 Å². The van der Waals surface area contributed by atoms with E-state index in [0.29, 0.717) is 17.0 Å². The minimum atomic E-state index is -0.138. The molecule has 0 spiro atoms. The molecule has 1 aromatic heterocycles. The van der Waals surface area contributed by atoms with Crippen molar-refractivity contribution in [1.29, 1.82) is 0 Å². The molecule has 2 aromatic rings. The lowest BCUT2D eigenvalue weighted by atomic mass is 10.2. The van der Waals surface area contributed by atoms with Gasteiger partial charge >= 0.3 is 0 Å². The SMILES string of the molecule is Cn1ccc(CNC(=O)c2ccccc2S)n1. The van der Waals surface area contributed by atoms with E-state index in [1.165, 1.54) is 0 Å². The van der Waals surface area contributed by atoms with E-state index in [-0.39, 0.29) is 5.91 Å². The Morgan fingerprint density at radius 1 is 1.41 bits per heavy atom. The Morgan fingerprint density at radius 3 is 2.82 bits per heavy atom. The first kappa shape index (κ1) is 11.7. The van der Waals surface area contributed by atoms with Crippen LogP contribution >= 0.6 is 12.6 Å². The van der Waals surface area contributed by atoms with Gasteiger partial charge in [0, 0.05) is 18.1 Å². The minimum Gasteiger partial charge on any atom is -0.346 e. The smallest absolute Gasteiger partial charge is 0.252 e. The molecule has 0 saturated carbocycles. The number of amides is 1. The molecule has 0 bridgehead atoms. The van der Waals surface area contributed by atoms with Gasteiger partial charge in [-0.2, -0.15) is 5.10 Å². The Kier molecular flexibility index (Phi) is 3.49. The van der Waals surface area contributed by atoms with Crippen LogP contribution in [0.2, 0.25) is 0 Å². The molecule has 0 unspecified atom stereocenters. The van der Waals surface area contributed by atoms with Crippen molar-refractivity contribution < 1.29 is 4.79 Å². The van der Waals surface area contributed by atoms with Gasteiger partial charge in [-0.3, -0.25) is 9.48 Å². The summed E-state index contributed by atoms with van der Waals surface area (Å²) in [6.45, 7) is 0.418. The van der Waals surface area contributed by atoms with Gasteiger partial charge in [-0.1, -0.05) is 12.1 Å². The molecule has 0 saturated heterocycles. The second-order valence-electron chi connectivity index (χ2n) is 3.68. The Morgan fingerprint density at radius 2 is 2.18 bits per heavy atom. The molecule has 4 nitrogen and oxygen atoms in total. The minimum absolute atomic E-state index is 0.138. The number of rotatable bonds is 3. The molecule has 0 radical (unpaired) electrons. The van der Waals surface area contributed by atoms with Gasteiger partial charge in [-0.15, -0.1) is 12.6 Å². The van der Waals surface area contributed by atoms with Crippen LogP contribution in [0.3, 0.4) is 0 Å². The van der Waals surface area contributed by atoms with E-state index < -0.39 is 0 Å². The molecule has 1 heterocycles. The molecular formula is C12H13N3OS. The average molecular weight is 247 g/mol. The highest BCUT2D eigenvalue weighted by Crippen LogP contribution is 2.12. The molecule has 1 amide bonds. The summed E-state index contributed by atoms with van der Waals surface area (Å²) in [5.41, 5.74) is 1.41. The lowest BCUT2D eigenvalue weighted by Gasteiger charge is -2.05. The quantitative estimate of drug-likeness (QED) is 0.810. The van der Waals surface area contributed by atoms with Crippen molar-refractivity contribution in [2.45, 2.75) is 11.4 Å². The summed E-state index contributed by atoms with van der Waals surface area (Å²) in [6.07, 6.45) is 1.84. The predicted octanol–water partition coefficient (Wildman–Crippen LogP) is 1.64. The van der Waals surface area contributed by atoms with E-state index >= 15 is 0 Å². The van der Waals surface area contributed by atoms with Gasteiger partial charge in [0.05, 0.1) is 17.8 Å². The third-order valence-electron chi connectivity index (χ3n) is 2.35. The normalized spacial score (nSPS) is 10.2. The number of hydrogen-bond donors (Lipinski definition) is 2. The topological polar surface area (TPSA) is 46.9 Å². The lowest BCUT2D eigenvalue weighted by Crippen LogP contribution is -2.23. The third-order valence-corrected chi connectivity index (χ3v) is 2.74. The number of thiol groups is 1. The fourth-order valence-corrected chi connectivity index (χ4v) is 1.75.